The van der Waals surface area contributed by atoms with E-state index in [1.807, 2.05) is 0 Å². The summed E-state index contributed by atoms with van der Waals surface area (Å²) in [4.78, 5) is 3.27. The minimum atomic E-state index is 0.343. The van der Waals surface area contributed by atoms with Crippen molar-refractivity contribution in [2.45, 2.75) is 193 Å². The van der Waals surface area contributed by atoms with Gasteiger partial charge in [-0.3, -0.25) is 4.90 Å². The number of rotatable bonds is 0. The predicted molar refractivity (Wildman–Crippen MR) is 192 cm³/mol. The first-order valence-corrected chi connectivity index (χ1v) is 22.3. The zero-order valence-corrected chi connectivity index (χ0v) is 31.9. The molecule has 21 unspecified atom stereocenters. The molecule has 49 heavy (non-hydrogen) atoms. The molecule has 9 aliphatic carbocycles. The van der Waals surface area contributed by atoms with Crippen LogP contribution >= 0.6 is 0 Å². The minimum Gasteiger partial charge on any atom is -0.371 e. The van der Waals surface area contributed by atoms with E-state index in [9.17, 15) is 0 Å². The molecule has 3 saturated heterocycles. The van der Waals surface area contributed by atoms with Gasteiger partial charge in [-0.25, -0.2) is 0 Å². The Balaban J connectivity index is 1.01. The normalized spacial score (nSPS) is 62.4. The lowest BCUT2D eigenvalue weighted by Crippen LogP contribution is -2.85. The van der Waals surface area contributed by atoms with E-state index < -0.39 is 0 Å². The summed E-state index contributed by atoms with van der Waals surface area (Å²) in [6.07, 6.45) is 23.4. The number of fused-ring (bicyclic) bond motifs is 12. The molecule has 9 saturated carbocycles. The molecule has 272 valence electrons. The van der Waals surface area contributed by atoms with Gasteiger partial charge in [0.1, 0.15) is 0 Å². The van der Waals surface area contributed by atoms with Gasteiger partial charge in [0.2, 0.25) is 0 Å². The Bertz CT molecular complexity index is 1210. The zero-order valence-electron chi connectivity index (χ0n) is 31.9. The van der Waals surface area contributed by atoms with Gasteiger partial charge in [-0.05, 0) is 145 Å². The van der Waals surface area contributed by atoms with Crippen LogP contribution in [0.5, 0.6) is 0 Å². The Hall–Kier alpha value is -0.160. The molecule has 0 bridgehead atoms. The van der Waals surface area contributed by atoms with E-state index in [4.69, 9.17) is 14.2 Å². The Kier molecular flexibility index (Phi) is 6.45. The van der Waals surface area contributed by atoms with Gasteiger partial charge in [0.15, 0.2) is 0 Å². The molecule has 0 aromatic heterocycles. The summed E-state index contributed by atoms with van der Waals surface area (Å²) < 4.78 is 23.8. The molecule has 3 heterocycles. The van der Waals surface area contributed by atoms with E-state index in [-0.39, 0.29) is 0 Å². The molecule has 12 aliphatic rings. The molecule has 12 fully saturated rings. The monoisotopic (exact) mass is 672 g/mol. The smallest absolute Gasteiger partial charge is 0.0796 e. The quantitative estimate of drug-likeness (QED) is 0.257. The summed E-state index contributed by atoms with van der Waals surface area (Å²) >= 11 is 0. The van der Waals surface area contributed by atoms with Crippen molar-refractivity contribution in [3.63, 3.8) is 0 Å². The van der Waals surface area contributed by atoms with E-state index in [2.05, 4.69) is 46.4 Å². The SMILES string of the molecule is CC1(C)C2CCCCC2C2CC3OC4C5C(CC6C7CCCCC7C(C)(C)C64)OC4C6C(CC7C8CCCCC8C(C)(C)C74)OC(C3N65)C21. The molecule has 0 radical (unpaired) electrons. The molecule has 0 spiro atoms. The van der Waals surface area contributed by atoms with Gasteiger partial charge in [0.25, 0.3) is 0 Å². The standard InChI is InChI=1S/C45H69NO3/c1-43(2)28-16-10-7-13-22(28)25-19-31-37-40(34(25)43)47-32-20-26-23-14-8-11-17-29(23)44(3,4)35(26)41-38(32)46(37)39-33(49-41)21-27-24-15-9-12-18-30(24)45(5,6)36(27)42(39)48-31/h22-42H,7-21H2,1-6H3. The number of morpholine rings is 3. The second-order valence-electron chi connectivity index (χ2n) is 22.7. The lowest BCUT2D eigenvalue weighted by molar-refractivity contribution is -0.369. The Morgan fingerprint density at radius 3 is 0.980 bits per heavy atom. The average Bonchev–Trinajstić information content (AvgIpc) is 3.57. The number of nitrogens with zero attached hydrogens (tertiary/aromatic N) is 1. The summed E-state index contributed by atoms with van der Waals surface area (Å²) in [5.41, 5.74) is 1.09. The van der Waals surface area contributed by atoms with Crippen LogP contribution in [-0.4, -0.2) is 59.6 Å². The van der Waals surface area contributed by atoms with Crippen LogP contribution in [0.3, 0.4) is 0 Å². The lowest BCUT2D eigenvalue weighted by Gasteiger charge is -2.72. The van der Waals surface area contributed by atoms with Crippen LogP contribution in [0.1, 0.15) is 138 Å². The van der Waals surface area contributed by atoms with Gasteiger partial charge >= 0.3 is 0 Å². The fraction of sp³-hybridized carbons (Fsp3) is 1.00. The predicted octanol–water partition coefficient (Wildman–Crippen LogP) is 9.14. The molecule has 0 N–H and O–H groups in total. The van der Waals surface area contributed by atoms with Crippen LogP contribution in [0, 0.1) is 87.3 Å². The maximum absolute atomic E-state index is 7.92. The van der Waals surface area contributed by atoms with E-state index in [1.165, 1.54) is 96.3 Å². The maximum atomic E-state index is 7.92. The van der Waals surface area contributed by atoms with Crippen molar-refractivity contribution in [1.29, 1.82) is 0 Å². The highest BCUT2D eigenvalue weighted by Gasteiger charge is 2.76. The minimum absolute atomic E-state index is 0.343. The van der Waals surface area contributed by atoms with Crippen LogP contribution in [-0.2, 0) is 14.2 Å². The van der Waals surface area contributed by atoms with Crippen LogP contribution in [0.2, 0.25) is 0 Å². The van der Waals surface area contributed by atoms with E-state index in [0.717, 1.165) is 53.3 Å². The van der Waals surface area contributed by atoms with Crippen molar-refractivity contribution in [2.75, 3.05) is 0 Å². The molecule has 0 aromatic rings. The topological polar surface area (TPSA) is 30.9 Å². The lowest BCUT2D eigenvalue weighted by atomic mass is 9.57. The van der Waals surface area contributed by atoms with Crippen LogP contribution in [0.25, 0.3) is 0 Å². The molecule has 12 rings (SSSR count). The van der Waals surface area contributed by atoms with Gasteiger partial charge in [0.05, 0.1) is 54.7 Å². The second kappa shape index (κ2) is 10.1. The largest absolute Gasteiger partial charge is 0.371 e. The van der Waals surface area contributed by atoms with E-state index >= 15 is 0 Å². The Morgan fingerprint density at radius 1 is 0.388 bits per heavy atom. The van der Waals surface area contributed by atoms with E-state index in [0.29, 0.717) is 88.7 Å². The third-order valence-corrected chi connectivity index (χ3v) is 20.7. The van der Waals surface area contributed by atoms with E-state index in [1.54, 1.807) is 0 Å². The molecule has 21 atom stereocenters. The van der Waals surface area contributed by atoms with Crippen LogP contribution < -0.4 is 0 Å². The number of hydrogen-bond acceptors (Lipinski definition) is 4. The molecule has 3 aliphatic heterocycles. The first kappa shape index (κ1) is 31.2. The first-order chi connectivity index (χ1) is 23.6. The zero-order chi connectivity index (χ0) is 32.9. The molecular formula is C45H69NO3. The van der Waals surface area contributed by atoms with Gasteiger partial charge in [-0.15, -0.1) is 0 Å². The average molecular weight is 672 g/mol. The first-order valence-electron chi connectivity index (χ1n) is 22.3. The fourth-order valence-electron chi connectivity index (χ4n) is 19.6. The van der Waals surface area contributed by atoms with Crippen molar-refractivity contribution in [1.82, 2.24) is 4.90 Å². The van der Waals surface area contributed by atoms with Crippen molar-refractivity contribution in [2.24, 2.45) is 87.3 Å². The molecule has 0 amide bonds. The molecule has 0 aromatic carbocycles. The molecule has 4 heteroatoms. The van der Waals surface area contributed by atoms with Crippen LogP contribution in [0.15, 0.2) is 0 Å². The highest BCUT2D eigenvalue weighted by Crippen LogP contribution is 2.72. The highest BCUT2D eigenvalue weighted by molar-refractivity contribution is 5.25. The fourth-order valence-corrected chi connectivity index (χ4v) is 19.6. The van der Waals surface area contributed by atoms with Crippen molar-refractivity contribution >= 4 is 0 Å². The molecule has 4 nitrogen and oxygen atoms in total. The third-order valence-electron chi connectivity index (χ3n) is 20.7. The second-order valence-corrected chi connectivity index (χ2v) is 22.7. The third kappa shape index (κ3) is 3.70. The van der Waals surface area contributed by atoms with Crippen molar-refractivity contribution in [3.05, 3.63) is 0 Å². The van der Waals surface area contributed by atoms with Gasteiger partial charge in [-0.1, -0.05) is 80.1 Å². The number of hydrogen-bond donors (Lipinski definition) is 0. The Morgan fingerprint density at radius 2 is 0.673 bits per heavy atom. The summed E-state index contributed by atoms with van der Waals surface area (Å²) in [5.74, 6) is 9.72. The summed E-state index contributed by atoms with van der Waals surface area (Å²) in [6.45, 7) is 16.2. The maximum Gasteiger partial charge on any atom is 0.0796 e. The van der Waals surface area contributed by atoms with Crippen molar-refractivity contribution in [3.8, 4) is 0 Å². The Labute approximate surface area is 298 Å². The summed E-state index contributed by atoms with van der Waals surface area (Å²) in [5, 5.41) is 0. The van der Waals surface area contributed by atoms with Gasteiger partial charge < -0.3 is 14.2 Å². The summed E-state index contributed by atoms with van der Waals surface area (Å²) in [6, 6.07) is 1.30. The van der Waals surface area contributed by atoms with Gasteiger partial charge in [-0.2, -0.15) is 0 Å². The summed E-state index contributed by atoms with van der Waals surface area (Å²) in [7, 11) is 0. The van der Waals surface area contributed by atoms with Crippen molar-refractivity contribution < 1.29 is 14.2 Å². The van der Waals surface area contributed by atoms with Gasteiger partial charge in [0, 0.05) is 0 Å². The highest BCUT2D eigenvalue weighted by atomic mass is 16.6. The molecular weight excluding hydrogens is 602 g/mol. The number of ether oxygens (including phenoxy) is 3. The van der Waals surface area contributed by atoms with Crippen LogP contribution in [0.4, 0.5) is 0 Å².